The lowest BCUT2D eigenvalue weighted by Crippen LogP contribution is -2.31. The molecule has 0 aliphatic rings. The maximum Gasteiger partial charge on any atom is 0.437 e. The Labute approximate surface area is 118 Å². The first-order valence-electron chi connectivity index (χ1n) is 6.01. The zero-order valence-electron chi connectivity index (χ0n) is 11.3. The minimum Gasteiger partial charge on any atom is -0.363 e. The fourth-order valence-corrected chi connectivity index (χ4v) is 1.81. The highest BCUT2D eigenvalue weighted by Crippen LogP contribution is 2.32. The van der Waals surface area contributed by atoms with Crippen LogP contribution in [0.2, 0.25) is 0 Å². The molecule has 2 aromatic heterocycles. The Morgan fingerprint density at radius 3 is 2.71 bits per heavy atom. The fourth-order valence-electron chi connectivity index (χ4n) is 1.81. The summed E-state index contributed by atoms with van der Waals surface area (Å²) >= 11 is 0. The number of carbonyl (C=O) groups is 1. The molecule has 2 rings (SSSR count). The van der Waals surface area contributed by atoms with Gasteiger partial charge in [-0.05, 0) is 18.6 Å². The summed E-state index contributed by atoms with van der Waals surface area (Å²) in [6.07, 6.45) is -0.916. The first-order valence-corrected chi connectivity index (χ1v) is 6.01. The topological polar surface area (TPSA) is 59.2 Å². The van der Waals surface area contributed by atoms with Crippen LogP contribution in [0.15, 0.2) is 35.3 Å². The number of nitrogens with zero attached hydrogens (tertiary/aromatic N) is 3. The molecule has 2 heterocycles. The summed E-state index contributed by atoms with van der Waals surface area (Å²) in [5, 5.41) is 2.86. The van der Waals surface area contributed by atoms with Gasteiger partial charge in [-0.2, -0.15) is 13.2 Å². The molecule has 0 aliphatic heterocycles. The van der Waals surface area contributed by atoms with Gasteiger partial charge >= 0.3 is 6.18 Å². The van der Waals surface area contributed by atoms with Gasteiger partial charge in [0.1, 0.15) is 11.8 Å². The molecule has 2 aromatic rings. The van der Waals surface area contributed by atoms with E-state index in [0.29, 0.717) is 11.8 Å². The second-order valence-corrected chi connectivity index (χ2v) is 4.45. The van der Waals surface area contributed by atoms with Crippen molar-refractivity contribution in [1.82, 2.24) is 15.0 Å². The van der Waals surface area contributed by atoms with E-state index in [1.54, 1.807) is 31.5 Å². The quantitative estimate of drug-likeness (QED) is 0.874. The SMILES string of the molecule is C[C@@H](c1cccnc1)N(C)C(=O)c1conc1C(F)(F)F. The number of pyridine rings is 1. The van der Waals surface area contributed by atoms with E-state index in [1.165, 1.54) is 11.9 Å². The van der Waals surface area contributed by atoms with Crippen LogP contribution in [0, 0.1) is 0 Å². The lowest BCUT2D eigenvalue weighted by atomic mass is 10.1. The van der Waals surface area contributed by atoms with E-state index >= 15 is 0 Å². The van der Waals surface area contributed by atoms with E-state index in [2.05, 4.69) is 14.7 Å². The third-order valence-corrected chi connectivity index (χ3v) is 3.14. The third kappa shape index (κ3) is 3.04. The molecule has 0 bridgehead atoms. The normalized spacial score (nSPS) is 13.0. The number of halogens is 3. The summed E-state index contributed by atoms with van der Waals surface area (Å²) in [6.45, 7) is 1.69. The van der Waals surface area contributed by atoms with Gasteiger partial charge in [-0.1, -0.05) is 11.2 Å². The molecule has 0 saturated carbocycles. The highest BCUT2D eigenvalue weighted by molar-refractivity contribution is 5.95. The summed E-state index contributed by atoms with van der Waals surface area (Å²) in [7, 11) is 1.41. The molecule has 1 amide bonds. The zero-order chi connectivity index (χ0) is 15.6. The fraction of sp³-hybridized carbons (Fsp3) is 0.308. The van der Waals surface area contributed by atoms with Crippen LogP contribution < -0.4 is 0 Å². The standard InChI is InChI=1S/C13H12F3N3O2/c1-8(9-4-3-5-17-6-9)19(2)12(20)10-7-21-18-11(10)13(14,15)16/h3-8H,1-2H3/t8-/m0/s1. The first-order chi connectivity index (χ1) is 9.82. The summed E-state index contributed by atoms with van der Waals surface area (Å²) in [6, 6.07) is 2.98. The van der Waals surface area contributed by atoms with Gasteiger partial charge in [0.2, 0.25) is 0 Å². The van der Waals surface area contributed by atoms with Gasteiger partial charge in [0, 0.05) is 19.4 Å². The molecule has 0 aromatic carbocycles. The Bertz CT molecular complexity index is 625. The molecular weight excluding hydrogens is 287 g/mol. The van der Waals surface area contributed by atoms with E-state index < -0.39 is 29.4 Å². The summed E-state index contributed by atoms with van der Waals surface area (Å²) in [5.41, 5.74) is -1.23. The Morgan fingerprint density at radius 2 is 2.14 bits per heavy atom. The van der Waals surface area contributed by atoms with Crippen LogP contribution in [0.4, 0.5) is 13.2 Å². The number of aromatic nitrogens is 2. The predicted octanol–water partition coefficient (Wildman–Crippen LogP) is 2.92. The third-order valence-electron chi connectivity index (χ3n) is 3.14. The van der Waals surface area contributed by atoms with E-state index in [1.807, 2.05) is 0 Å². The van der Waals surface area contributed by atoms with Crippen molar-refractivity contribution >= 4 is 5.91 Å². The van der Waals surface area contributed by atoms with Gasteiger partial charge in [0.15, 0.2) is 5.69 Å². The van der Waals surface area contributed by atoms with Crippen LogP contribution in [0.25, 0.3) is 0 Å². The van der Waals surface area contributed by atoms with Crippen LogP contribution in [0.1, 0.15) is 34.6 Å². The molecule has 0 aliphatic carbocycles. The molecule has 112 valence electrons. The molecule has 21 heavy (non-hydrogen) atoms. The van der Waals surface area contributed by atoms with E-state index in [9.17, 15) is 18.0 Å². The molecule has 0 radical (unpaired) electrons. The van der Waals surface area contributed by atoms with Crippen molar-refractivity contribution in [3.05, 3.63) is 47.6 Å². The molecule has 0 N–H and O–H groups in total. The molecule has 0 unspecified atom stereocenters. The lowest BCUT2D eigenvalue weighted by Gasteiger charge is -2.24. The van der Waals surface area contributed by atoms with Crippen LogP contribution in [-0.2, 0) is 6.18 Å². The zero-order valence-corrected chi connectivity index (χ0v) is 11.3. The molecule has 1 atom stereocenters. The van der Waals surface area contributed by atoms with Crippen LogP contribution >= 0.6 is 0 Å². The maximum atomic E-state index is 12.7. The first kappa shape index (κ1) is 15.0. The van der Waals surface area contributed by atoms with Crippen molar-refractivity contribution in [2.75, 3.05) is 7.05 Å². The second kappa shape index (κ2) is 5.55. The smallest absolute Gasteiger partial charge is 0.363 e. The average Bonchev–Trinajstić information content (AvgIpc) is 2.95. The molecular formula is C13H12F3N3O2. The number of hydrogen-bond acceptors (Lipinski definition) is 4. The van der Waals surface area contributed by atoms with Crippen molar-refractivity contribution in [2.45, 2.75) is 19.1 Å². The molecule has 0 saturated heterocycles. The maximum absolute atomic E-state index is 12.7. The Hall–Kier alpha value is -2.38. The largest absolute Gasteiger partial charge is 0.437 e. The predicted molar refractivity (Wildman–Crippen MR) is 66.3 cm³/mol. The van der Waals surface area contributed by atoms with Crippen molar-refractivity contribution in [1.29, 1.82) is 0 Å². The number of rotatable bonds is 3. The Morgan fingerprint density at radius 1 is 1.43 bits per heavy atom. The van der Waals surface area contributed by atoms with Crippen molar-refractivity contribution < 1.29 is 22.5 Å². The number of hydrogen-bond donors (Lipinski definition) is 0. The van der Waals surface area contributed by atoms with E-state index in [-0.39, 0.29) is 0 Å². The average molecular weight is 299 g/mol. The molecule has 5 nitrogen and oxygen atoms in total. The van der Waals surface area contributed by atoms with Crippen LogP contribution in [-0.4, -0.2) is 28.0 Å². The Kier molecular flexibility index (Phi) is 3.97. The van der Waals surface area contributed by atoms with Crippen LogP contribution in [0.3, 0.4) is 0 Å². The number of alkyl halides is 3. The minimum atomic E-state index is -4.74. The molecule has 0 fully saturated rings. The van der Waals surface area contributed by atoms with E-state index in [4.69, 9.17) is 0 Å². The van der Waals surface area contributed by atoms with Crippen LogP contribution in [0.5, 0.6) is 0 Å². The summed E-state index contributed by atoms with van der Waals surface area (Å²) < 4.78 is 42.5. The lowest BCUT2D eigenvalue weighted by molar-refractivity contribution is -0.143. The van der Waals surface area contributed by atoms with Gasteiger partial charge in [-0.3, -0.25) is 9.78 Å². The highest BCUT2D eigenvalue weighted by Gasteiger charge is 2.40. The Balaban J connectivity index is 2.27. The van der Waals surface area contributed by atoms with Gasteiger partial charge in [0.25, 0.3) is 5.91 Å². The molecule has 8 heteroatoms. The van der Waals surface area contributed by atoms with Gasteiger partial charge < -0.3 is 9.42 Å². The molecule has 0 spiro atoms. The monoisotopic (exact) mass is 299 g/mol. The van der Waals surface area contributed by atoms with Gasteiger partial charge in [0.05, 0.1) is 6.04 Å². The van der Waals surface area contributed by atoms with E-state index in [0.717, 1.165) is 0 Å². The summed E-state index contributed by atoms with van der Waals surface area (Å²) in [5.74, 6) is -0.820. The second-order valence-electron chi connectivity index (χ2n) is 4.45. The van der Waals surface area contributed by atoms with Gasteiger partial charge in [-0.25, -0.2) is 0 Å². The van der Waals surface area contributed by atoms with Crippen molar-refractivity contribution in [3.8, 4) is 0 Å². The minimum absolute atomic E-state index is 0.442. The van der Waals surface area contributed by atoms with Gasteiger partial charge in [-0.15, -0.1) is 0 Å². The highest BCUT2D eigenvalue weighted by atomic mass is 19.4. The number of carbonyl (C=O) groups excluding carboxylic acids is 1. The van der Waals surface area contributed by atoms with Crippen molar-refractivity contribution in [2.24, 2.45) is 0 Å². The number of amides is 1. The summed E-state index contributed by atoms with van der Waals surface area (Å²) in [4.78, 5) is 17.3. The van der Waals surface area contributed by atoms with Crippen molar-refractivity contribution in [3.63, 3.8) is 0 Å².